The summed E-state index contributed by atoms with van der Waals surface area (Å²) in [5.74, 6) is -0.424. The molecule has 5 nitrogen and oxygen atoms in total. The van der Waals surface area contributed by atoms with Crippen molar-refractivity contribution in [1.82, 2.24) is 10.2 Å². The molecule has 0 radical (unpaired) electrons. The Labute approximate surface area is 162 Å². The molecule has 26 heavy (non-hydrogen) atoms. The van der Waals surface area contributed by atoms with E-state index in [2.05, 4.69) is 15.5 Å². The average molecular weight is 412 g/mol. The predicted octanol–water partition coefficient (Wildman–Crippen LogP) is 5.22. The summed E-state index contributed by atoms with van der Waals surface area (Å²) in [5, 5.41) is 11.6. The van der Waals surface area contributed by atoms with Crippen LogP contribution in [0, 0.1) is 12.7 Å². The minimum atomic E-state index is -0.378. The highest BCUT2D eigenvalue weighted by atomic mass is 35.5. The lowest BCUT2D eigenvalue weighted by Gasteiger charge is -2.07. The summed E-state index contributed by atoms with van der Waals surface area (Å²) in [4.78, 5) is 12.0. The van der Waals surface area contributed by atoms with Crippen LogP contribution in [0.3, 0.4) is 0 Å². The summed E-state index contributed by atoms with van der Waals surface area (Å²) in [6.07, 6.45) is 0. The van der Waals surface area contributed by atoms with Crippen LogP contribution in [-0.2, 0) is 4.79 Å². The molecule has 3 rings (SSSR count). The van der Waals surface area contributed by atoms with Crippen molar-refractivity contribution in [2.75, 3.05) is 11.1 Å². The molecule has 1 heterocycles. The number of hydrogen-bond acceptors (Lipinski definition) is 5. The molecule has 1 aromatic heterocycles. The van der Waals surface area contributed by atoms with Crippen LogP contribution in [0.1, 0.15) is 5.56 Å². The minimum absolute atomic E-state index is 0.0337. The second kappa shape index (κ2) is 8.07. The van der Waals surface area contributed by atoms with Crippen molar-refractivity contribution in [3.8, 4) is 11.5 Å². The van der Waals surface area contributed by atoms with Crippen LogP contribution in [-0.4, -0.2) is 21.9 Å². The van der Waals surface area contributed by atoms with Gasteiger partial charge in [-0.15, -0.1) is 10.2 Å². The Bertz CT molecular complexity index is 965. The predicted molar refractivity (Wildman–Crippen MR) is 100 cm³/mol. The van der Waals surface area contributed by atoms with Gasteiger partial charge in [-0.1, -0.05) is 41.0 Å². The smallest absolute Gasteiger partial charge is 0.277 e. The molecule has 134 valence electrons. The van der Waals surface area contributed by atoms with E-state index in [1.165, 1.54) is 12.1 Å². The number of nitrogens with one attached hydrogen (secondary N) is 1. The Hall–Kier alpha value is -2.09. The Kier molecular flexibility index (Phi) is 5.80. The lowest BCUT2D eigenvalue weighted by molar-refractivity contribution is -0.113. The average Bonchev–Trinajstić information content (AvgIpc) is 3.06. The molecule has 0 aliphatic carbocycles. The number of hydrogen-bond donors (Lipinski definition) is 1. The molecule has 0 atom stereocenters. The number of benzene rings is 2. The van der Waals surface area contributed by atoms with Gasteiger partial charge in [-0.05, 0) is 37.3 Å². The maximum absolute atomic E-state index is 13.5. The largest absolute Gasteiger partial charge is 0.411 e. The van der Waals surface area contributed by atoms with Crippen LogP contribution < -0.4 is 5.32 Å². The molecule has 1 N–H and O–H groups in total. The van der Waals surface area contributed by atoms with Gasteiger partial charge >= 0.3 is 0 Å². The highest BCUT2D eigenvalue weighted by molar-refractivity contribution is 7.99. The Morgan fingerprint density at radius 2 is 2.08 bits per heavy atom. The van der Waals surface area contributed by atoms with E-state index in [-0.39, 0.29) is 28.6 Å². The molecular weight excluding hydrogens is 400 g/mol. The van der Waals surface area contributed by atoms with Gasteiger partial charge < -0.3 is 9.73 Å². The van der Waals surface area contributed by atoms with E-state index in [0.29, 0.717) is 26.9 Å². The molecule has 0 fully saturated rings. The van der Waals surface area contributed by atoms with Gasteiger partial charge in [-0.3, -0.25) is 4.79 Å². The van der Waals surface area contributed by atoms with Crippen LogP contribution in [0.2, 0.25) is 10.0 Å². The first-order valence-electron chi connectivity index (χ1n) is 7.40. The number of nitrogens with zero attached hydrogens (tertiary/aromatic N) is 2. The van der Waals surface area contributed by atoms with Crippen molar-refractivity contribution in [1.29, 1.82) is 0 Å². The number of aromatic nitrogens is 2. The zero-order valence-electron chi connectivity index (χ0n) is 13.4. The number of rotatable bonds is 5. The van der Waals surface area contributed by atoms with Gasteiger partial charge in [-0.25, -0.2) is 4.39 Å². The van der Waals surface area contributed by atoms with Crippen molar-refractivity contribution in [2.24, 2.45) is 0 Å². The molecule has 0 saturated heterocycles. The fourth-order valence-electron chi connectivity index (χ4n) is 2.10. The third-order valence-corrected chi connectivity index (χ3v) is 4.80. The first-order chi connectivity index (χ1) is 12.4. The second-order valence-electron chi connectivity index (χ2n) is 5.25. The summed E-state index contributed by atoms with van der Waals surface area (Å²) in [5.41, 5.74) is 1.35. The Balaban J connectivity index is 1.63. The maximum atomic E-state index is 13.5. The third-order valence-electron chi connectivity index (χ3n) is 3.44. The topological polar surface area (TPSA) is 68.0 Å². The number of halogens is 3. The maximum Gasteiger partial charge on any atom is 0.277 e. The SMILES string of the molecule is Cc1c(F)cccc1NC(=O)CSc1nnc(-c2ccc(Cl)cc2Cl)o1. The molecule has 0 aliphatic heterocycles. The molecule has 2 aromatic carbocycles. The molecule has 0 unspecified atom stereocenters. The zero-order chi connectivity index (χ0) is 18.7. The van der Waals surface area contributed by atoms with Crippen molar-refractivity contribution < 1.29 is 13.6 Å². The van der Waals surface area contributed by atoms with E-state index >= 15 is 0 Å². The number of amides is 1. The number of carbonyl (C=O) groups excluding carboxylic acids is 1. The second-order valence-corrected chi connectivity index (χ2v) is 7.02. The number of carbonyl (C=O) groups is 1. The van der Waals surface area contributed by atoms with Crippen molar-refractivity contribution in [2.45, 2.75) is 12.1 Å². The minimum Gasteiger partial charge on any atom is -0.411 e. The molecule has 1 amide bonds. The van der Waals surface area contributed by atoms with Gasteiger partial charge in [-0.2, -0.15) is 0 Å². The molecule has 0 spiro atoms. The van der Waals surface area contributed by atoms with Crippen LogP contribution in [0.15, 0.2) is 46.0 Å². The summed E-state index contributed by atoms with van der Waals surface area (Å²) >= 11 is 13.0. The van der Waals surface area contributed by atoms with Crippen LogP contribution in [0.4, 0.5) is 10.1 Å². The third kappa shape index (κ3) is 4.35. The van der Waals surface area contributed by atoms with Gasteiger partial charge in [0.05, 0.1) is 16.3 Å². The number of anilines is 1. The number of thioether (sulfide) groups is 1. The van der Waals surface area contributed by atoms with Crippen molar-refractivity contribution in [3.05, 3.63) is 57.8 Å². The van der Waals surface area contributed by atoms with Gasteiger partial charge in [0.2, 0.25) is 11.8 Å². The Morgan fingerprint density at radius 1 is 1.27 bits per heavy atom. The van der Waals surface area contributed by atoms with E-state index in [1.54, 1.807) is 31.2 Å². The normalized spacial score (nSPS) is 10.8. The van der Waals surface area contributed by atoms with Gasteiger partial charge in [0.1, 0.15) is 5.82 Å². The van der Waals surface area contributed by atoms with Gasteiger partial charge in [0.15, 0.2) is 0 Å². The van der Waals surface area contributed by atoms with Crippen LogP contribution >= 0.6 is 35.0 Å². The molecule has 9 heteroatoms. The van der Waals surface area contributed by atoms with Gasteiger partial charge in [0, 0.05) is 16.3 Å². The lowest BCUT2D eigenvalue weighted by Crippen LogP contribution is -2.15. The monoisotopic (exact) mass is 411 g/mol. The lowest BCUT2D eigenvalue weighted by atomic mass is 10.2. The van der Waals surface area contributed by atoms with Crippen LogP contribution in [0.5, 0.6) is 0 Å². The highest BCUT2D eigenvalue weighted by Crippen LogP contribution is 2.31. The summed E-state index contributed by atoms with van der Waals surface area (Å²) in [6, 6.07) is 9.41. The summed E-state index contributed by atoms with van der Waals surface area (Å²) in [7, 11) is 0. The molecule has 0 bridgehead atoms. The summed E-state index contributed by atoms with van der Waals surface area (Å²) in [6.45, 7) is 1.60. The van der Waals surface area contributed by atoms with E-state index in [0.717, 1.165) is 11.8 Å². The molecule has 0 aliphatic rings. The first kappa shape index (κ1) is 18.7. The van der Waals surface area contributed by atoms with Crippen molar-refractivity contribution in [3.63, 3.8) is 0 Å². The van der Waals surface area contributed by atoms with Gasteiger partial charge in [0.25, 0.3) is 5.22 Å². The van der Waals surface area contributed by atoms with E-state index in [1.807, 2.05) is 0 Å². The quantitative estimate of drug-likeness (QED) is 0.582. The van der Waals surface area contributed by atoms with Crippen molar-refractivity contribution >= 4 is 46.6 Å². The van der Waals surface area contributed by atoms with E-state index in [4.69, 9.17) is 27.6 Å². The molecule has 3 aromatic rings. The van der Waals surface area contributed by atoms with Crippen LogP contribution in [0.25, 0.3) is 11.5 Å². The standard InChI is InChI=1S/C17H12Cl2FN3O2S/c1-9-13(20)3-2-4-14(9)21-15(24)8-26-17-23-22-16(25-17)11-6-5-10(18)7-12(11)19/h2-7H,8H2,1H3,(H,21,24). The molecular formula is C17H12Cl2FN3O2S. The highest BCUT2D eigenvalue weighted by Gasteiger charge is 2.14. The summed E-state index contributed by atoms with van der Waals surface area (Å²) < 4.78 is 19.0. The Morgan fingerprint density at radius 3 is 2.85 bits per heavy atom. The van der Waals surface area contributed by atoms with E-state index in [9.17, 15) is 9.18 Å². The molecule has 0 saturated carbocycles. The fraction of sp³-hybridized carbons (Fsp3) is 0.118. The zero-order valence-corrected chi connectivity index (χ0v) is 15.8. The first-order valence-corrected chi connectivity index (χ1v) is 9.15. The van der Waals surface area contributed by atoms with E-state index < -0.39 is 0 Å². The fourth-order valence-corrected chi connectivity index (χ4v) is 3.15.